The van der Waals surface area contributed by atoms with Crippen molar-refractivity contribution in [2.24, 2.45) is 5.92 Å². The minimum atomic E-state index is -1.08. The molecule has 1 aromatic heterocycles. The van der Waals surface area contributed by atoms with E-state index in [2.05, 4.69) is 15.6 Å². The van der Waals surface area contributed by atoms with E-state index >= 15 is 0 Å². The monoisotopic (exact) mass is 389 g/mol. The van der Waals surface area contributed by atoms with Gasteiger partial charge in [-0.25, -0.2) is 9.78 Å². The third-order valence-electron chi connectivity index (χ3n) is 3.70. The summed E-state index contributed by atoms with van der Waals surface area (Å²) in [4.78, 5) is 39.5. The zero-order chi connectivity index (χ0) is 19.8. The van der Waals surface area contributed by atoms with Gasteiger partial charge in [-0.1, -0.05) is 44.2 Å². The molecule has 0 bridgehead atoms. The highest BCUT2D eigenvalue weighted by molar-refractivity contribution is 7.13. The van der Waals surface area contributed by atoms with E-state index in [1.54, 1.807) is 0 Å². The molecule has 0 radical (unpaired) electrons. The lowest BCUT2D eigenvalue weighted by atomic mass is 10.0. The molecule has 3 N–H and O–H groups in total. The number of benzene rings is 1. The number of aromatic nitrogens is 1. The number of nitrogens with zero attached hydrogens (tertiary/aromatic N) is 1. The molecule has 0 saturated carbocycles. The van der Waals surface area contributed by atoms with Crippen LogP contribution in [0.15, 0.2) is 35.7 Å². The van der Waals surface area contributed by atoms with E-state index in [0.29, 0.717) is 12.1 Å². The normalized spacial score (nSPS) is 11.8. The van der Waals surface area contributed by atoms with E-state index in [0.717, 1.165) is 10.6 Å². The quantitative estimate of drug-likeness (QED) is 0.608. The van der Waals surface area contributed by atoms with Crippen LogP contribution in [0.25, 0.3) is 10.6 Å². The van der Waals surface area contributed by atoms with Gasteiger partial charge in [-0.3, -0.25) is 9.59 Å². The maximum Gasteiger partial charge on any atom is 0.326 e. The van der Waals surface area contributed by atoms with Crippen molar-refractivity contribution < 1.29 is 19.5 Å². The lowest BCUT2D eigenvalue weighted by Crippen LogP contribution is -2.46. The lowest BCUT2D eigenvalue weighted by molar-refractivity contribution is -0.142. The maximum atomic E-state index is 12.0. The number of carboxylic acid groups (broad SMARTS) is 1. The van der Waals surface area contributed by atoms with Crippen molar-refractivity contribution in [1.82, 2.24) is 15.6 Å². The minimum absolute atomic E-state index is 0.0605. The average molecular weight is 389 g/mol. The number of aliphatic carboxylic acids is 1. The van der Waals surface area contributed by atoms with E-state index in [-0.39, 0.29) is 24.8 Å². The summed E-state index contributed by atoms with van der Waals surface area (Å²) in [7, 11) is 0. The molecule has 0 fully saturated rings. The molecule has 1 heterocycles. The van der Waals surface area contributed by atoms with Crippen LogP contribution in [0, 0.1) is 5.92 Å². The summed E-state index contributed by atoms with van der Waals surface area (Å²) in [6, 6.07) is 8.71. The molecule has 0 aliphatic carbocycles. The van der Waals surface area contributed by atoms with Crippen molar-refractivity contribution in [2.75, 3.05) is 6.54 Å². The van der Waals surface area contributed by atoms with Gasteiger partial charge in [0.1, 0.15) is 11.0 Å². The zero-order valence-electron chi connectivity index (χ0n) is 15.3. The molecular formula is C19H23N3O4S. The van der Waals surface area contributed by atoms with Crippen molar-refractivity contribution in [1.29, 1.82) is 0 Å². The zero-order valence-corrected chi connectivity index (χ0v) is 16.1. The molecule has 0 aliphatic heterocycles. The standard InChI is InChI=1S/C19H23N3O4S/c1-12(2)8-15(19(25)26)22-17(24)10-20-16(23)9-14-11-27-18(21-14)13-6-4-3-5-7-13/h3-7,11-12,15H,8-10H2,1-2H3,(H,20,23)(H,22,24)(H,25,26)/t15-/m0/s1. The van der Waals surface area contributed by atoms with Gasteiger partial charge in [0.25, 0.3) is 0 Å². The number of amides is 2. The Kier molecular flexibility index (Phi) is 7.48. The largest absolute Gasteiger partial charge is 0.480 e. The number of rotatable bonds is 9. The third-order valence-corrected chi connectivity index (χ3v) is 4.64. The molecule has 0 unspecified atom stereocenters. The van der Waals surface area contributed by atoms with E-state index < -0.39 is 17.9 Å². The van der Waals surface area contributed by atoms with E-state index in [1.807, 2.05) is 49.6 Å². The summed E-state index contributed by atoms with van der Waals surface area (Å²) in [6.45, 7) is 3.49. The predicted octanol–water partition coefficient (Wildman–Crippen LogP) is 2.08. The molecule has 0 spiro atoms. The second kappa shape index (κ2) is 9.82. The van der Waals surface area contributed by atoms with Gasteiger partial charge in [0.2, 0.25) is 11.8 Å². The molecule has 2 rings (SSSR count). The Morgan fingerprint density at radius 1 is 1.15 bits per heavy atom. The van der Waals surface area contributed by atoms with Crippen LogP contribution in [0.3, 0.4) is 0 Å². The van der Waals surface area contributed by atoms with Gasteiger partial charge >= 0.3 is 5.97 Å². The number of carbonyl (C=O) groups is 3. The van der Waals surface area contributed by atoms with Crippen molar-refractivity contribution in [3.63, 3.8) is 0 Å². The highest BCUT2D eigenvalue weighted by Crippen LogP contribution is 2.23. The SMILES string of the molecule is CC(C)C[C@H](NC(=O)CNC(=O)Cc1csc(-c2ccccc2)n1)C(=O)O. The number of carboxylic acids is 1. The molecule has 1 atom stereocenters. The minimum Gasteiger partial charge on any atom is -0.480 e. The Bertz CT molecular complexity index is 789. The highest BCUT2D eigenvalue weighted by atomic mass is 32.1. The summed E-state index contributed by atoms with van der Waals surface area (Å²) < 4.78 is 0. The van der Waals surface area contributed by atoms with Gasteiger partial charge in [0.05, 0.1) is 18.7 Å². The topological polar surface area (TPSA) is 108 Å². The maximum absolute atomic E-state index is 12.0. The molecule has 0 aliphatic rings. The van der Waals surface area contributed by atoms with Crippen molar-refractivity contribution in [2.45, 2.75) is 32.7 Å². The molecule has 0 saturated heterocycles. The van der Waals surface area contributed by atoms with Crippen LogP contribution in [0.5, 0.6) is 0 Å². The molecule has 2 amide bonds. The smallest absolute Gasteiger partial charge is 0.326 e. The Balaban J connectivity index is 1.81. The van der Waals surface area contributed by atoms with Crippen LogP contribution in [-0.4, -0.2) is 40.5 Å². The molecular weight excluding hydrogens is 366 g/mol. The first-order chi connectivity index (χ1) is 12.8. The van der Waals surface area contributed by atoms with Gasteiger partial charge in [-0.05, 0) is 12.3 Å². The second-order valence-corrected chi connectivity index (χ2v) is 7.41. The summed E-state index contributed by atoms with van der Waals surface area (Å²) in [5.41, 5.74) is 1.61. The fourth-order valence-electron chi connectivity index (χ4n) is 2.45. The van der Waals surface area contributed by atoms with Crippen LogP contribution in [0.1, 0.15) is 26.0 Å². The summed E-state index contributed by atoms with van der Waals surface area (Å²) >= 11 is 1.45. The van der Waals surface area contributed by atoms with Gasteiger partial charge in [0.15, 0.2) is 0 Å². The van der Waals surface area contributed by atoms with Gasteiger partial charge in [0, 0.05) is 10.9 Å². The van der Waals surface area contributed by atoms with Crippen molar-refractivity contribution in [3.05, 3.63) is 41.4 Å². The molecule has 2 aromatic rings. The van der Waals surface area contributed by atoms with Crippen LogP contribution >= 0.6 is 11.3 Å². The highest BCUT2D eigenvalue weighted by Gasteiger charge is 2.21. The van der Waals surface area contributed by atoms with E-state index in [9.17, 15) is 14.4 Å². The van der Waals surface area contributed by atoms with Crippen LogP contribution < -0.4 is 10.6 Å². The molecule has 7 nitrogen and oxygen atoms in total. The first-order valence-corrected chi connectivity index (χ1v) is 9.51. The summed E-state index contributed by atoms with van der Waals surface area (Å²) in [5, 5.41) is 16.7. The van der Waals surface area contributed by atoms with E-state index in [1.165, 1.54) is 11.3 Å². The molecule has 144 valence electrons. The van der Waals surface area contributed by atoms with Crippen molar-refractivity contribution in [3.8, 4) is 10.6 Å². The van der Waals surface area contributed by atoms with Crippen molar-refractivity contribution >= 4 is 29.1 Å². The first-order valence-electron chi connectivity index (χ1n) is 8.64. The Hall–Kier alpha value is -2.74. The van der Waals surface area contributed by atoms with Gasteiger partial charge < -0.3 is 15.7 Å². The first kappa shape index (κ1) is 20.6. The number of thiazole rings is 1. The molecule has 27 heavy (non-hydrogen) atoms. The second-order valence-electron chi connectivity index (χ2n) is 6.55. The van der Waals surface area contributed by atoms with Crippen LogP contribution in [-0.2, 0) is 20.8 Å². The molecule has 1 aromatic carbocycles. The fourth-order valence-corrected chi connectivity index (χ4v) is 3.27. The van der Waals surface area contributed by atoms with Crippen LogP contribution in [0.2, 0.25) is 0 Å². The van der Waals surface area contributed by atoms with Gasteiger partial charge in [-0.2, -0.15) is 0 Å². The van der Waals surface area contributed by atoms with Crippen LogP contribution in [0.4, 0.5) is 0 Å². The Labute approximate surface area is 161 Å². The Morgan fingerprint density at radius 3 is 2.48 bits per heavy atom. The van der Waals surface area contributed by atoms with Gasteiger partial charge in [-0.15, -0.1) is 11.3 Å². The summed E-state index contributed by atoms with van der Waals surface area (Å²) in [6.07, 6.45) is 0.390. The molecule has 8 heteroatoms. The number of carbonyl (C=O) groups excluding carboxylic acids is 2. The fraction of sp³-hybridized carbons (Fsp3) is 0.368. The van der Waals surface area contributed by atoms with E-state index in [4.69, 9.17) is 5.11 Å². The number of nitrogens with one attached hydrogen (secondary N) is 2. The lowest BCUT2D eigenvalue weighted by Gasteiger charge is -2.16. The number of hydrogen-bond donors (Lipinski definition) is 3. The predicted molar refractivity (Wildman–Crippen MR) is 103 cm³/mol. The third kappa shape index (κ3) is 6.82. The number of hydrogen-bond acceptors (Lipinski definition) is 5. The Morgan fingerprint density at radius 2 is 1.85 bits per heavy atom. The average Bonchev–Trinajstić information content (AvgIpc) is 3.08. The summed E-state index contributed by atoms with van der Waals surface area (Å²) in [5.74, 6) is -1.82.